The monoisotopic (exact) mass is 1480 g/mol. The van der Waals surface area contributed by atoms with Gasteiger partial charge in [0.05, 0.1) is 26.4 Å². The fourth-order valence-electron chi connectivity index (χ4n) is 12.6. The number of phosphoric ester groups is 2. The third kappa shape index (κ3) is 74.7. The average molecular weight is 1480 g/mol. The molecular formula is C82H160O17P2. The zero-order valence-corrected chi connectivity index (χ0v) is 68.3. The third-order valence-corrected chi connectivity index (χ3v) is 21.3. The molecule has 0 heterocycles. The number of carbonyl (C=O) groups excluding carboxylic acids is 4. The van der Waals surface area contributed by atoms with E-state index in [0.29, 0.717) is 31.6 Å². The fraction of sp³-hybridized carbons (Fsp3) is 0.951. The van der Waals surface area contributed by atoms with Crippen LogP contribution in [0.3, 0.4) is 0 Å². The third-order valence-electron chi connectivity index (χ3n) is 19.4. The first kappa shape index (κ1) is 99.1. The predicted octanol–water partition coefficient (Wildman–Crippen LogP) is 24.4. The standard InChI is InChI=1S/C82H160O17P2/c1-9-75(8)61-53-45-37-31-32-40-49-57-65-82(87)99-77(68-92-79(84)62-54-46-38-29-25-21-18-14-16-20-24-28-35-43-51-59-73(4)5)70-96-100(88,89)94-66-76(83)67-95-101(90,91)97-71-78(69-93-80(85)63-55-47-41-33-36-44-52-60-74(6)7)98-81(86)64-56-48-39-30-26-22-17-13-11-10-12-15-19-23-27-34-42-50-58-72(2)3/h72-78,83H,9-71H2,1-8H3,(H,88,89)(H,90,91)/t75?,76?,77-,78-/m1/s1. The molecule has 0 rings (SSSR count). The zero-order valence-electron chi connectivity index (χ0n) is 66.5. The lowest BCUT2D eigenvalue weighted by Gasteiger charge is -2.21. The number of aliphatic hydroxyl groups excluding tert-OH is 1. The van der Waals surface area contributed by atoms with E-state index in [9.17, 15) is 43.2 Å². The summed E-state index contributed by atoms with van der Waals surface area (Å²) < 4.78 is 68.7. The van der Waals surface area contributed by atoms with Crippen molar-refractivity contribution < 1.29 is 80.2 Å². The average Bonchev–Trinajstić information content (AvgIpc) is 1.01. The lowest BCUT2D eigenvalue weighted by Crippen LogP contribution is -2.30. The van der Waals surface area contributed by atoms with Gasteiger partial charge in [0.15, 0.2) is 12.2 Å². The maximum atomic E-state index is 13.1. The highest BCUT2D eigenvalue weighted by atomic mass is 31.2. The number of rotatable bonds is 79. The molecule has 4 unspecified atom stereocenters. The van der Waals surface area contributed by atoms with E-state index in [-0.39, 0.29) is 25.7 Å². The lowest BCUT2D eigenvalue weighted by atomic mass is 9.99. The van der Waals surface area contributed by atoms with Crippen molar-refractivity contribution in [2.24, 2.45) is 23.7 Å². The van der Waals surface area contributed by atoms with Crippen molar-refractivity contribution in [2.45, 2.75) is 440 Å². The molecule has 3 N–H and O–H groups in total. The second kappa shape index (κ2) is 71.0. The van der Waals surface area contributed by atoms with Crippen LogP contribution in [0.2, 0.25) is 0 Å². The number of esters is 4. The Morgan fingerprint density at radius 3 is 0.703 bits per heavy atom. The van der Waals surface area contributed by atoms with E-state index in [0.717, 1.165) is 114 Å². The number of ether oxygens (including phenoxy) is 4. The summed E-state index contributed by atoms with van der Waals surface area (Å²) in [5, 5.41) is 10.6. The van der Waals surface area contributed by atoms with Crippen LogP contribution in [0.25, 0.3) is 0 Å². The molecule has 0 aliphatic rings. The summed E-state index contributed by atoms with van der Waals surface area (Å²) >= 11 is 0. The van der Waals surface area contributed by atoms with Gasteiger partial charge in [-0.1, -0.05) is 370 Å². The number of carbonyl (C=O) groups is 4. The summed E-state index contributed by atoms with van der Waals surface area (Å²) in [6.07, 6.45) is 58.4. The van der Waals surface area contributed by atoms with Gasteiger partial charge in [-0.3, -0.25) is 37.3 Å². The molecule has 0 aliphatic heterocycles. The second-order valence-corrected chi connectivity index (χ2v) is 34.1. The van der Waals surface area contributed by atoms with Crippen LogP contribution in [0.5, 0.6) is 0 Å². The molecule has 0 aliphatic carbocycles. The maximum Gasteiger partial charge on any atom is 0.472 e. The zero-order chi connectivity index (χ0) is 74.6. The van der Waals surface area contributed by atoms with Crippen LogP contribution >= 0.6 is 15.6 Å². The van der Waals surface area contributed by atoms with Gasteiger partial charge < -0.3 is 33.8 Å². The highest BCUT2D eigenvalue weighted by molar-refractivity contribution is 7.47. The first-order valence-corrected chi connectivity index (χ1v) is 45.2. The molecule has 6 atom stereocenters. The normalized spacial score (nSPS) is 14.3. The van der Waals surface area contributed by atoms with Gasteiger partial charge in [-0.2, -0.15) is 0 Å². The Bertz CT molecular complexity index is 1970. The first-order chi connectivity index (χ1) is 48.6. The van der Waals surface area contributed by atoms with Crippen LogP contribution in [0.4, 0.5) is 0 Å². The van der Waals surface area contributed by atoms with Crippen molar-refractivity contribution in [3.8, 4) is 0 Å². The van der Waals surface area contributed by atoms with E-state index in [1.807, 2.05) is 0 Å². The van der Waals surface area contributed by atoms with E-state index in [1.165, 1.54) is 218 Å². The Kier molecular flexibility index (Phi) is 69.6. The topological polar surface area (TPSA) is 237 Å². The molecule has 0 spiro atoms. The van der Waals surface area contributed by atoms with E-state index in [2.05, 4.69) is 55.4 Å². The van der Waals surface area contributed by atoms with Crippen molar-refractivity contribution in [1.29, 1.82) is 0 Å². The van der Waals surface area contributed by atoms with Crippen LogP contribution in [-0.2, 0) is 65.4 Å². The molecular weight excluding hydrogens is 1320 g/mol. The van der Waals surface area contributed by atoms with Crippen LogP contribution in [0.15, 0.2) is 0 Å². The molecule has 0 radical (unpaired) electrons. The minimum absolute atomic E-state index is 0.105. The van der Waals surface area contributed by atoms with Crippen molar-refractivity contribution in [1.82, 2.24) is 0 Å². The van der Waals surface area contributed by atoms with Crippen LogP contribution in [-0.4, -0.2) is 96.7 Å². The van der Waals surface area contributed by atoms with Crippen LogP contribution in [0.1, 0.15) is 421 Å². The molecule has 0 saturated carbocycles. The summed E-state index contributed by atoms with van der Waals surface area (Å²) in [7, 11) is -9.92. The summed E-state index contributed by atoms with van der Waals surface area (Å²) in [4.78, 5) is 73.0. The fourth-order valence-corrected chi connectivity index (χ4v) is 14.2. The van der Waals surface area contributed by atoms with Crippen molar-refractivity contribution in [3.63, 3.8) is 0 Å². The largest absolute Gasteiger partial charge is 0.472 e. The van der Waals surface area contributed by atoms with Gasteiger partial charge >= 0.3 is 39.5 Å². The SMILES string of the molecule is CCC(C)CCCCCCCCCCC(=O)O[C@H](COC(=O)CCCCCCCCCCCCCCCCCC(C)C)COP(=O)(O)OCC(O)COP(=O)(O)OC[C@@H](COC(=O)CCCCCCCCCC(C)C)OC(=O)CCCCCCCCCCCCCCCCCCCCC(C)C. The van der Waals surface area contributed by atoms with Gasteiger partial charge in [0.2, 0.25) is 0 Å². The van der Waals surface area contributed by atoms with E-state index in [4.69, 9.17) is 37.0 Å². The number of unbranched alkanes of at least 4 members (excludes halogenated alkanes) is 44. The Balaban J connectivity index is 5.18. The highest BCUT2D eigenvalue weighted by Crippen LogP contribution is 2.45. The Morgan fingerprint density at radius 1 is 0.277 bits per heavy atom. The summed E-state index contributed by atoms with van der Waals surface area (Å²) in [5.74, 6) is 0.985. The van der Waals surface area contributed by atoms with E-state index in [1.54, 1.807) is 0 Å². The molecule has 0 bridgehead atoms. The molecule has 17 nitrogen and oxygen atoms in total. The first-order valence-electron chi connectivity index (χ1n) is 42.2. The number of hydrogen-bond acceptors (Lipinski definition) is 15. The van der Waals surface area contributed by atoms with Gasteiger partial charge in [-0.25, -0.2) is 9.13 Å². The summed E-state index contributed by atoms with van der Waals surface area (Å²) in [6, 6.07) is 0. The van der Waals surface area contributed by atoms with Crippen molar-refractivity contribution >= 4 is 39.5 Å². The quantitative estimate of drug-likeness (QED) is 0.0222. The van der Waals surface area contributed by atoms with Crippen molar-refractivity contribution in [2.75, 3.05) is 39.6 Å². The van der Waals surface area contributed by atoms with Gasteiger partial charge in [0.25, 0.3) is 0 Å². The Hall–Kier alpha value is -1.94. The minimum atomic E-state index is -4.96. The number of hydrogen-bond donors (Lipinski definition) is 3. The predicted molar refractivity (Wildman–Crippen MR) is 414 cm³/mol. The molecule has 19 heteroatoms. The molecule has 101 heavy (non-hydrogen) atoms. The number of phosphoric acid groups is 2. The van der Waals surface area contributed by atoms with Gasteiger partial charge in [0.1, 0.15) is 19.3 Å². The highest BCUT2D eigenvalue weighted by Gasteiger charge is 2.30. The Labute approximate surface area is 619 Å². The summed E-state index contributed by atoms with van der Waals surface area (Å²) in [6.45, 7) is 14.3. The molecule has 600 valence electrons. The molecule has 0 aromatic rings. The summed E-state index contributed by atoms with van der Waals surface area (Å²) in [5.41, 5.74) is 0. The van der Waals surface area contributed by atoms with Crippen LogP contribution < -0.4 is 0 Å². The number of aliphatic hydroxyl groups is 1. The maximum absolute atomic E-state index is 13.1. The smallest absolute Gasteiger partial charge is 0.462 e. The minimum Gasteiger partial charge on any atom is -0.462 e. The van der Waals surface area contributed by atoms with Gasteiger partial charge in [-0.15, -0.1) is 0 Å². The molecule has 0 fully saturated rings. The molecule has 0 aromatic carbocycles. The van der Waals surface area contributed by atoms with Crippen LogP contribution in [0, 0.1) is 23.7 Å². The van der Waals surface area contributed by atoms with E-state index >= 15 is 0 Å². The second-order valence-electron chi connectivity index (χ2n) is 31.2. The van der Waals surface area contributed by atoms with Crippen molar-refractivity contribution in [3.05, 3.63) is 0 Å². The molecule has 0 aromatic heterocycles. The molecule has 0 saturated heterocycles. The van der Waals surface area contributed by atoms with Gasteiger partial charge in [0, 0.05) is 25.7 Å². The molecule has 0 amide bonds. The lowest BCUT2D eigenvalue weighted by molar-refractivity contribution is -0.161. The van der Waals surface area contributed by atoms with Gasteiger partial charge in [-0.05, 0) is 49.4 Å². The Morgan fingerprint density at radius 2 is 0.475 bits per heavy atom. The van der Waals surface area contributed by atoms with E-state index < -0.39 is 97.5 Å².